The van der Waals surface area contributed by atoms with E-state index in [4.69, 9.17) is 0 Å². The number of carbonyl (C=O) groups is 2. The molecule has 0 bridgehead atoms. The van der Waals surface area contributed by atoms with Crippen LogP contribution >= 0.6 is 0 Å². The van der Waals surface area contributed by atoms with Crippen LogP contribution in [0.2, 0.25) is 0 Å². The van der Waals surface area contributed by atoms with Gasteiger partial charge in [0, 0.05) is 5.92 Å². The second kappa shape index (κ2) is 7.51. The highest BCUT2D eigenvalue weighted by Gasteiger charge is 2.28. The molecular formula is C15H27NO3. The topological polar surface area (TPSA) is 66.4 Å². The standard InChI is InChI=1S/C15H27NO3/c1-4-10(2)13(15(18)19)16-14(17)11(3)9-12-7-5-6-8-12/h10-13H,4-9H2,1-3H3,(H,16,17)(H,18,19)/t10-,11?,13-/m0/s1. The minimum atomic E-state index is -0.934. The predicted octanol–water partition coefficient (Wildman–Crippen LogP) is 2.82. The Morgan fingerprint density at radius 1 is 1.26 bits per heavy atom. The van der Waals surface area contributed by atoms with Crippen LogP contribution in [0.25, 0.3) is 0 Å². The Balaban J connectivity index is 2.48. The summed E-state index contributed by atoms with van der Waals surface area (Å²) in [6, 6.07) is -0.761. The molecule has 0 aromatic carbocycles. The molecule has 2 N–H and O–H groups in total. The van der Waals surface area contributed by atoms with E-state index in [-0.39, 0.29) is 17.7 Å². The molecule has 0 aliphatic heterocycles. The Bertz CT molecular complexity index is 311. The predicted molar refractivity (Wildman–Crippen MR) is 74.8 cm³/mol. The third-order valence-corrected chi connectivity index (χ3v) is 4.39. The highest BCUT2D eigenvalue weighted by molar-refractivity contribution is 5.84. The minimum absolute atomic E-state index is 0.0415. The van der Waals surface area contributed by atoms with Gasteiger partial charge in [0.1, 0.15) is 6.04 Å². The van der Waals surface area contributed by atoms with E-state index < -0.39 is 12.0 Å². The highest BCUT2D eigenvalue weighted by atomic mass is 16.4. The Kier molecular flexibility index (Phi) is 6.32. The van der Waals surface area contributed by atoms with E-state index in [0.717, 1.165) is 12.8 Å². The number of hydrogen-bond acceptors (Lipinski definition) is 2. The average Bonchev–Trinajstić information content (AvgIpc) is 2.86. The SMILES string of the molecule is CC[C@H](C)[C@H](NC(=O)C(C)CC1CCCC1)C(=O)O. The van der Waals surface area contributed by atoms with E-state index in [1.165, 1.54) is 25.7 Å². The third kappa shape index (κ3) is 4.84. The molecule has 0 aromatic heterocycles. The number of carboxylic acid groups (broad SMARTS) is 1. The van der Waals surface area contributed by atoms with Crippen molar-refractivity contribution in [2.45, 2.75) is 65.3 Å². The molecule has 0 spiro atoms. The molecule has 19 heavy (non-hydrogen) atoms. The van der Waals surface area contributed by atoms with Crippen molar-refractivity contribution in [1.82, 2.24) is 5.32 Å². The maximum atomic E-state index is 12.1. The first-order valence-electron chi connectivity index (χ1n) is 7.48. The van der Waals surface area contributed by atoms with Gasteiger partial charge in [-0.05, 0) is 18.3 Å². The van der Waals surface area contributed by atoms with Crippen molar-refractivity contribution in [3.8, 4) is 0 Å². The van der Waals surface area contributed by atoms with Crippen molar-refractivity contribution in [2.24, 2.45) is 17.8 Å². The van der Waals surface area contributed by atoms with E-state index in [0.29, 0.717) is 5.92 Å². The van der Waals surface area contributed by atoms with Crippen molar-refractivity contribution >= 4 is 11.9 Å². The van der Waals surface area contributed by atoms with Crippen LogP contribution in [0.3, 0.4) is 0 Å². The molecule has 1 rings (SSSR count). The van der Waals surface area contributed by atoms with Gasteiger partial charge in [-0.3, -0.25) is 4.79 Å². The number of aliphatic carboxylic acids is 1. The van der Waals surface area contributed by atoms with Gasteiger partial charge in [0.25, 0.3) is 0 Å². The Labute approximate surface area is 116 Å². The molecule has 1 amide bonds. The van der Waals surface area contributed by atoms with Gasteiger partial charge in [-0.1, -0.05) is 52.9 Å². The average molecular weight is 269 g/mol. The molecule has 1 saturated carbocycles. The summed E-state index contributed by atoms with van der Waals surface area (Å²) in [6.07, 6.45) is 6.59. The maximum Gasteiger partial charge on any atom is 0.326 e. The molecule has 0 aromatic rings. The zero-order chi connectivity index (χ0) is 14.4. The fraction of sp³-hybridized carbons (Fsp3) is 0.867. The second-order valence-electron chi connectivity index (χ2n) is 6.00. The highest BCUT2D eigenvalue weighted by Crippen LogP contribution is 2.30. The monoisotopic (exact) mass is 269 g/mol. The molecule has 4 heteroatoms. The first kappa shape index (κ1) is 16.0. The first-order valence-corrected chi connectivity index (χ1v) is 7.48. The van der Waals surface area contributed by atoms with Crippen LogP contribution in [0.5, 0.6) is 0 Å². The van der Waals surface area contributed by atoms with Crippen LogP contribution in [0, 0.1) is 17.8 Å². The van der Waals surface area contributed by atoms with Gasteiger partial charge in [-0.25, -0.2) is 4.79 Å². The van der Waals surface area contributed by atoms with Crippen LogP contribution < -0.4 is 5.32 Å². The maximum absolute atomic E-state index is 12.1. The number of rotatable bonds is 7. The summed E-state index contributed by atoms with van der Waals surface area (Å²) in [4.78, 5) is 23.3. The molecule has 1 fully saturated rings. The van der Waals surface area contributed by atoms with Gasteiger partial charge >= 0.3 is 5.97 Å². The summed E-state index contributed by atoms with van der Waals surface area (Å²) in [7, 11) is 0. The van der Waals surface area contributed by atoms with Crippen LogP contribution in [-0.4, -0.2) is 23.0 Å². The molecule has 4 nitrogen and oxygen atoms in total. The number of carbonyl (C=O) groups excluding carboxylic acids is 1. The molecule has 0 heterocycles. The Morgan fingerprint density at radius 2 is 1.84 bits per heavy atom. The Hall–Kier alpha value is -1.06. The van der Waals surface area contributed by atoms with E-state index in [9.17, 15) is 14.7 Å². The smallest absolute Gasteiger partial charge is 0.326 e. The van der Waals surface area contributed by atoms with E-state index >= 15 is 0 Å². The molecule has 1 aliphatic carbocycles. The number of hydrogen-bond donors (Lipinski definition) is 2. The van der Waals surface area contributed by atoms with Crippen molar-refractivity contribution < 1.29 is 14.7 Å². The summed E-state index contributed by atoms with van der Waals surface area (Å²) in [5.41, 5.74) is 0. The van der Waals surface area contributed by atoms with Crippen molar-refractivity contribution in [3.05, 3.63) is 0 Å². The van der Waals surface area contributed by atoms with Gasteiger partial charge in [0.15, 0.2) is 0 Å². The van der Waals surface area contributed by atoms with Crippen LogP contribution in [0.4, 0.5) is 0 Å². The summed E-state index contributed by atoms with van der Waals surface area (Å²) in [5, 5.41) is 11.9. The van der Waals surface area contributed by atoms with Crippen molar-refractivity contribution in [2.75, 3.05) is 0 Å². The summed E-state index contributed by atoms with van der Waals surface area (Å²) < 4.78 is 0. The molecule has 3 atom stereocenters. The lowest BCUT2D eigenvalue weighted by molar-refractivity contribution is -0.144. The zero-order valence-corrected chi connectivity index (χ0v) is 12.3. The van der Waals surface area contributed by atoms with Crippen LogP contribution in [-0.2, 0) is 9.59 Å². The number of amides is 1. The quantitative estimate of drug-likeness (QED) is 0.747. The molecule has 0 saturated heterocycles. The van der Waals surface area contributed by atoms with Crippen LogP contribution in [0.15, 0.2) is 0 Å². The summed E-state index contributed by atoms with van der Waals surface area (Å²) in [5.74, 6) is -0.530. The summed E-state index contributed by atoms with van der Waals surface area (Å²) in [6.45, 7) is 5.71. The van der Waals surface area contributed by atoms with Gasteiger partial charge in [-0.2, -0.15) is 0 Å². The molecule has 110 valence electrons. The molecular weight excluding hydrogens is 242 g/mol. The van der Waals surface area contributed by atoms with Gasteiger partial charge in [0.05, 0.1) is 0 Å². The van der Waals surface area contributed by atoms with Crippen LogP contribution in [0.1, 0.15) is 59.3 Å². The van der Waals surface area contributed by atoms with Gasteiger partial charge in [-0.15, -0.1) is 0 Å². The fourth-order valence-corrected chi connectivity index (χ4v) is 2.83. The van der Waals surface area contributed by atoms with Crippen molar-refractivity contribution in [1.29, 1.82) is 0 Å². The first-order chi connectivity index (χ1) is 8.95. The number of nitrogens with one attached hydrogen (secondary N) is 1. The summed E-state index contributed by atoms with van der Waals surface area (Å²) >= 11 is 0. The normalized spacial score (nSPS) is 20.8. The minimum Gasteiger partial charge on any atom is -0.480 e. The molecule has 1 aliphatic rings. The third-order valence-electron chi connectivity index (χ3n) is 4.39. The Morgan fingerprint density at radius 3 is 2.32 bits per heavy atom. The molecule has 1 unspecified atom stereocenters. The van der Waals surface area contributed by atoms with Gasteiger partial charge in [0.2, 0.25) is 5.91 Å². The van der Waals surface area contributed by atoms with E-state index in [1.807, 2.05) is 20.8 Å². The lowest BCUT2D eigenvalue weighted by Crippen LogP contribution is -2.47. The number of carboxylic acids is 1. The lowest BCUT2D eigenvalue weighted by atomic mass is 9.92. The molecule has 0 radical (unpaired) electrons. The van der Waals surface area contributed by atoms with Gasteiger partial charge < -0.3 is 10.4 Å². The lowest BCUT2D eigenvalue weighted by Gasteiger charge is -2.23. The zero-order valence-electron chi connectivity index (χ0n) is 12.3. The van der Waals surface area contributed by atoms with Crippen molar-refractivity contribution in [3.63, 3.8) is 0 Å². The van der Waals surface area contributed by atoms with E-state index in [2.05, 4.69) is 5.32 Å². The second-order valence-corrected chi connectivity index (χ2v) is 6.00. The largest absolute Gasteiger partial charge is 0.480 e. The van der Waals surface area contributed by atoms with E-state index in [1.54, 1.807) is 0 Å². The fourth-order valence-electron chi connectivity index (χ4n) is 2.83.